The van der Waals surface area contributed by atoms with Gasteiger partial charge < -0.3 is 15.2 Å². The number of aromatic nitrogens is 3. The van der Waals surface area contributed by atoms with Crippen LogP contribution >= 0.6 is 23.2 Å². The maximum atomic E-state index is 16.0. The van der Waals surface area contributed by atoms with Crippen LogP contribution in [-0.2, 0) is 16.9 Å². The van der Waals surface area contributed by atoms with E-state index in [0.717, 1.165) is 18.4 Å². The molecule has 3 aliphatic heterocycles. The second-order valence-electron chi connectivity index (χ2n) is 11.6. The van der Waals surface area contributed by atoms with Crippen LogP contribution in [0.1, 0.15) is 40.2 Å². The van der Waals surface area contributed by atoms with E-state index in [1.807, 2.05) is 6.07 Å². The van der Waals surface area contributed by atoms with Crippen molar-refractivity contribution in [3.8, 4) is 5.88 Å². The number of hydrogen-bond acceptors (Lipinski definition) is 6. The summed E-state index contributed by atoms with van der Waals surface area (Å²) in [6.07, 6.45) is 3.58. The highest BCUT2D eigenvalue weighted by Crippen LogP contribution is 2.61. The zero-order valence-electron chi connectivity index (χ0n) is 22.1. The van der Waals surface area contributed by atoms with Crippen molar-refractivity contribution in [2.24, 2.45) is 11.8 Å². The number of carbonyl (C=O) groups excluding carboxylic acids is 1. The predicted octanol–water partition coefficient (Wildman–Crippen LogP) is 5.31. The number of fused-ring (bicyclic) bond motifs is 6. The van der Waals surface area contributed by atoms with Crippen molar-refractivity contribution >= 4 is 51.7 Å². The summed E-state index contributed by atoms with van der Waals surface area (Å²) in [5.74, 6) is -2.04. The molecule has 2 aromatic carbocycles. The SMILES string of the molecule is O=C(O)c1ccc2c3n(nc2c1)C[C@@H]1[C@H](CO3)N(CC2CC2)[C@@]2(C(=O)Nc3cc(Cl)ccc32)[C@H]1c1ccnc(Cl)c1F. The number of amides is 1. The summed E-state index contributed by atoms with van der Waals surface area (Å²) in [4.78, 5) is 32.2. The molecule has 1 saturated carbocycles. The quantitative estimate of drug-likeness (QED) is 0.303. The van der Waals surface area contributed by atoms with Crippen molar-refractivity contribution in [3.05, 3.63) is 81.3 Å². The van der Waals surface area contributed by atoms with Crippen LogP contribution in [0.5, 0.6) is 5.88 Å². The Balaban J connectivity index is 1.36. The van der Waals surface area contributed by atoms with E-state index in [0.29, 0.717) is 52.1 Å². The van der Waals surface area contributed by atoms with Gasteiger partial charge in [-0.15, -0.1) is 0 Å². The minimum atomic E-state index is -1.26. The summed E-state index contributed by atoms with van der Waals surface area (Å²) in [7, 11) is 0. The number of benzene rings is 2. The number of nitrogens with zero attached hydrogens (tertiary/aromatic N) is 4. The first-order chi connectivity index (χ1) is 20.3. The standard InChI is InChI=1S/C30H24Cl2FN5O4/c31-16-4-6-20-22(10-16)35-29(41)30(20)24(18-7-8-34-26(32)25(18)33)19-12-38-27(42-13-23(19)37(30)11-14-1-2-14)17-5-3-15(28(39)40)9-21(17)36-38/h3-10,14,19,23-24H,1-2,11-13H2,(H,35,41)(H,39,40)/t19-,23+,24+,30-/m1/s1. The fraction of sp³-hybridized carbons (Fsp3) is 0.333. The van der Waals surface area contributed by atoms with E-state index in [-0.39, 0.29) is 35.2 Å². The molecule has 2 fully saturated rings. The third-order valence-electron chi connectivity index (χ3n) is 9.29. The Morgan fingerprint density at radius 1 is 1.19 bits per heavy atom. The minimum Gasteiger partial charge on any atom is -0.478 e. The molecule has 1 saturated heterocycles. The number of carboxylic acids is 1. The van der Waals surface area contributed by atoms with Crippen LogP contribution in [0.3, 0.4) is 0 Å². The first kappa shape index (κ1) is 25.9. The number of nitrogens with one attached hydrogen (secondary N) is 1. The van der Waals surface area contributed by atoms with Crippen LogP contribution in [-0.4, -0.2) is 55.8 Å². The molecule has 0 bridgehead atoms. The van der Waals surface area contributed by atoms with Gasteiger partial charge in [0.05, 0.1) is 22.5 Å². The first-order valence-corrected chi connectivity index (χ1v) is 14.6. The third-order valence-corrected chi connectivity index (χ3v) is 9.79. The van der Waals surface area contributed by atoms with Gasteiger partial charge in [-0.1, -0.05) is 29.3 Å². The van der Waals surface area contributed by atoms with Gasteiger partial charge in [0.25, 0.3) is 0 Å². The molecule has 1 aliphatic carbocycles. The van der Waals surface area contributed by atoms with Crippen molar-refractivity contribution in [2.75, 3.05) is 18.5 Å². The number of rotatable bonds is 4. The molecular formula is C30H24Cl2FN5O4. The molecule has 0 unspecified atom stereocenters. The third kappa shape index (κ3) is 3.58. The van der Waals surface area contributed by atoms with Crippen molar-refractivity contribution in [2.45, 2.75) is 36.9 Å². The molecule has 214 valence electrons. The van der Waals surface area contributed by atoms with Crippen molar-refractivity contribution in [3.63, 3.8) is 0 Å². The fourth-order valence-electron chi connectivity index (χ4n) is 7.40. The van der Waals surface area contributed by atoms with E-state index in [9.17, 15) is 14.7 Å². The molecule has 4 aliphatic rings. The second kappa shape index (κ2) is 9.13. The lowest BCUT2D eigenvalue weighted by Gasteiger charge is -2.40. The van der Waals surface area contributed by atoms with Gasteiger partial charge in [-0.3, -0.25) is 9.69 Å². The molecule has 5 heterocycles. The van der Waals surface area contributed by atoms with Crippen LogP contribution in [0.15, 0.2) is 48.7 Å². The molecule has 2 N–H and O–H groups in total. The average Bonchev–Trinajstić information content (AvgIpc) is 3.63. The number of carbonyl (C=O) groups is 2. The molecule has 1 spiro atoms. The normalized spacial score (nSPS) is 26.5. The van der Waals surface area contributed by atoms with Crippen LogP contribution in [0, 0.1) is 17.7 Å². The minimum absolute atomic E-state index is 0.119. The molecule has 9 nitrogen and oxygen atoms in total. The lowest BCUT2D eigenvalue weighted by Crippen LogP contribution is -2.53. The second-order valence-corrected chi connectivity index (χ2v) is 12.3. The summed E-state index contributed by atoms with van der Waals surface area (Å²) in [6.45, 7) is 1.18. The Hall–Kier alpha value is -3.73. The maximum absolute atomic E-state index is 16.0. The summed E-state index contributed by atoms with van der Waals surface area (Å²) >= 11 is 12.6. The molecule has 4 aromatic rings. The molecule has 1 amide bonds. The van der Waals surface area contributed by atoms with Gasteiger partial charge in [0.2, 0.25) is 11.8 Å². The Morgan fingerprint density at radius 2 is 2.02 bits per heavy atom. The molecule has 0 radical (unpaired) electrons. The van der Waals surface area contributed by atoms with Crippen LogP contribution in [0.4, 0.5) is 10.1 Å². The maximum Gasteiger partial charge on any atom is 0.335 e. The predicted molar refractivity (Wildman–Crippen MR) is 153 cm³/mol. The highest BCUT2D eigenvalue weighted by atomic mass is 35.5. The number of aromatic carboxylic acids is 1. The van der Waals surface area contributed by atoms with Crippen molar-refractivity contribution < 1.29 is 23.8 Å². The summed E-state index contributed by atoms with van der Waals surface area (Å²) in [5.41, 5.74) is 0.984. The van der Waals surface area contributed by atoms with E-state index < -0.39 is 23.2 Å². The number of ether oxygens (including phenoxy) is 1. The van der Waals surface area contributed by atoms with E-state index in [1.165, 1.54) is 18.3 Å². The summed E-state index contributed by atoms with van der Waals surface area (Å²) < 4.78 is 24.2. The Bertz CT molecular complexity index is 1830. The molecular weight excluding hydrogens is 584 g/mol. The number of halogens is 3. The molecule has 2 aromatic heterocycles. The Kier molecular flexibility index (Phi) is 5.64. The van der Waals surface area contributed by atoms with Gasteiger partial charge in [-0.2, -0.15) is 5.10 Å². The molecule has 12 heteroatoms. The monoisotopic (exact) mass is 607 g/mol. The van der Waals surface area contributed by atoms with Crippen molar-refractivity contribution in [1.29, 1.82) is 0 Å². The molecule has 8 rings (SSSR count). The van der Waals surface area contributed by atoms with E-state index in [1.54, 1.807) is 28.9 Å². The van der Waals surface area contributed by atoms with Crippen LogP contribution < -0.4 is 10.1 Å². The molecule has 42 heavy (non-hydrogen) atoms. The molecule has 4 atom stereocenters. The zero-order valence-corrected chi connectivity index (χ0v) is 23.6. The van der Waals surface area contributed by atoms with Gasteiger partial charge in [-0.05, 0) is 60.7 Å². The number of anilines is 1. The lowest BCUT2D eigenvalue weighted by molar-refractivity contribution is -0.128. The highest BCUT2D eigenvalue weighted by Gasteiger charge is 2.68. The average molecular weight is 608 g/mol. The summed E-state index contributed by atoms with van der Waals surface area (Å²) in [5, 5.41) is 18.2. The largest absolute Gasteiger partial charge is 0.478 e. The van der Waals surface area contributed by atoms with Crippen molar-refractivity contribution in [1.82, 2.24) is 19.7 Å². The number of likely N-dealkylation sites (tertiary alicyclic amines) is 1. The van der Waals surface area contributed by atoms with Gasteiger partial charge in [-0.25, -0.2) is 18.9 Å². The number of carboxylic acid groups (broad SMARTS) is 1. The van der Waals surface area contributed by atoms with E-state index >= 15 is 4.39 Å². The zero-order chi connectivity index (χ0) is 28.9. The van der Waals surface area contributed by atoms with Crippen LogP contribution in [0.2, 0.25) is 10.2 Å². The smallest absolute Gasteiger partial charge is 0.335 e. The highest BCUT2D eigenvalue weighted by molar-refractivity contribution is 6.31. The lowest BCUT2D eigenvalue weighted by atomic mass is 9.71. The number of pyridine rings is 1. The van der Waals surface area contributed by atoms with E-state index in [2.05, 4.69) is 15.2 Å². The van der Waals surface area contributed by atoms with Crippen LogP contribution in [0.25, 0.3) is 10.9 Å². The van der Waals surface area contributed by atoms with Gasteiger partial charge in [0, 0.05) is 47.4 Å². The number of hydrogen-bond donors (Lipinski definition) is 2. The first-order valence-electron chi connectivity index (χ1n) is 13.8. The van der Waals surface area contributed by atoms with E-state index in [4.69, 9.17) is 33.0 Å². The summed E-state index contributed by atoms with van der Waals surface area (Å²) in [6, 6.07) is 11.4. The topological polar surface area (TPSA) is 110 Å². The van der Waals surface area contributed by atoms with Gasteiger partial charge >= 0.3 is 5.97 Å². The van der Waals surface area contributed by atoms with Gasteiger partial charge in [0.15, 0.2) is 11.0 Å². The Labute approximate surface area is 249 Å². The Morgan fingerprint density at radius 3 is 2.81 bits per heavy atom. The fourth-order valence-corrected chi connectivity index (χ4v) is 7.74. The van der Waals surface area contributed by atoms with Gasteiger partial charge in [0.1, 0.15) is 12.1 Å².